The second-order valence-corrected chi connectivity index (χ2v) is 4.46. The molecule has 1 aliphatic heterocycles. The van der Waals surface area contributed by atoms with Crippen molar-refractivity contribution in [3.63, 3.8) is 0 Å². The van der Waals surface area contributed by atoms with Crippen LogP contribution < -0.4 is 5.32 Å². The standard InChI is InChI=1S/C13H15NO2/c1-8-3-9(2)5-10(4-8)12-6-11(15)7-13(16)14-12/h3-5,12H,6-7H2,1-2H3,(H,14,16). The molecule has 16 heavy (non-hydrogen) atoms. The van der Waals surface area contributed by atoms with Crippen LogP contribution in [0.5, 0.6) is 0 Å². The number of piperidine rings is 1. The van der Waals surface area contributed by atoms with E-state index in [-0.39, 0.29) is 24.2 Å². The minimum absolute atomic E-state index is 0.0212. The summed E-state index contributed by atoms with van der Waals surface area (Å²) in [4.78, 5) is 22.7. The fourth-order valence-corrected chi connectivity index (χ4v) is 2.19. The summed E-state index contributed by atoms with van der Waals surface area (Å²) in [5, 5.41) is 2.86. The van der Waals surface area contributed by atoms with Crippen LogP contribution in [0.3, 0.4) is 0 Å². The van der Waals surface area contributed by atoms with E-state index in [9.17, 15) is 9.59 Å². The fraction of sp³-hybridized carbons (Fsp3) is 0.385. The first-order valence-corrected chi connectivity index (χ1v) is 5.44. The van der Waals surface area contributed by atoms with Gasteiger partial charge in [0.15, 0.2) is 0 Å². The number of Topliss-reactive ketones (excluding diaryl/α,β-unsaturated/α-hetero) is 1. The number of benzene rings is 1. The lowest BCUT2D eigenvalue weighted by Gasteiger charge is -2.23. The number of carbonyl (C=O) groups excluding carboxylic acids is 2. The Kier molecular flexibility index (Phi) is 2.77. The molecule has 1 heterocycles. The number of carbonyl (C=O) groups is 2. The highest BCUT2D eigenvalue weighted by atomic mass is 16.2. The smallest absolute Gasteiger partial charge is 0.227 e. The van der Waals surface area contributed by atoms with Crippen LogP contribution in [0.2, 0.25) is 0 Å². The molecule has 1 atom stereocenters. The first-order valence-electron chi connectivity index (χ1n) is 5.44. The van der Waals surface area contributed by atoms with Crippen molar-refractivity contribution in [3.8, 4) is 0 Å². The predicted octanol–water partition coefficient (Wildman–Crippen LogP) is 1.82. The van der Waals surface area contributed by atoms with Crippen molar-refractivity contribution >= 4 is 11.7 Å². The Morgan fingerprint density at radius 3 is 2.31 bits per heavy atom. The predicted molar refractivity (Wildman–Crippen MR) is 61.0 cm³/mol. The van der Waals surface area contributed by atoms with E-state index in [0.717, 1.165) is 16.7 Å². The summed E-state index contributed by atoms with van der Waals surface area (Å²) >= 11 is 0. The van der Waals surface area contributed by atoms with E-state index in [1.165, 1.54) is 0 Å². The zero-order valence-corrected chi connectivity index (χ0v) is 9.54. The van der Waals surface area contributed by atoms with Gasteiger partial charge in [-0.2, -0.15) is 0 Å². The molecule has 0 aromatic heterocycles. The Balaban J connectivity index is 2.29. The van der Waals surface area contributed by atoms with E-state index in [2.05, 4.69) is 11.4 Å². The van der Waals surface area contributed by atoms with Gasteiger partial charge in [-0.15, -0.1) is 0 Å². The van der Waals surface area contributed by atoms with Crippen molar-refractivity contribution in [1.82, 2.24) is 5.32 Å². The lowest BCUT2D eigenvalue weighted by molar-refractivity contribution is -0.132. The van der Waals surface area contributed by atoms with E-state index in [4.69, 9.17) is 0 Å². The maximum absolute atomic E-state index is 11.4. The summed E-state index contributed by atoms with van der Waals surface area (Å²) in [6, 6.07) is 5.98. The summed E-state index contributed by atoms with van der Waals surface area (Å²) in [6.45, 7) is 4.03. The second-order valence-electron chi connectivity index (χ2n) is 4.46. The highest BCUT2D eigenvalue weighted by molar-refractivity contribution is 6.00. The largest absolute Gasteiger partial charge is 0.348 e. The van der Waals surface area contributed by atoms with Crippen LogP contribution >= 0.6 is 0 Å². The van der Waals surface area contributed by atoms with E-state index in [0.29, 0.717) is 6.42 Å². The molecule has 1 fully saturated rings. The van der Waals surface area contributed by atoms with Gasteiger partial charge in [-0.3, -0.25) is 9.59 Å². The number of nitrogens with one attached hydrogen (secondary N) is 1. The van der Waals surface area contributed by atoms with Crippen molar-refractivity contribution in [2.24, 2.45) is 0 Å². The van der Waals surface area contributed by atoms with Crippen LogP contribution in [0.1, 0.15) is 35.6 Å². The third kappa shape index (κ3) is 2.30. The second kappa shape index (κ2) is 4.08. The van der Waals surface area contributed by atoms with Crippen molar-refractivity contribution in [3.05, 3.63) is 34.9 Å². The average Bonchev–Trinajstić information content (AvgIpc) is 2.14. The highest BCUT2D eigenvalue weighted by Gasteiger charge is 2.25. The molecule has 1 aromatic rings. The van der Waals surface area contributed by atoms with Crippen LogP contribution in [-0.2, 0) is 9.59 Å². The summed E-state index contributed by atoms with van der Waals surface area (Å²) < 4.78 is 0. The van der Waals surface area contributed by atoms with E-state index in [1.54, 1.807) is 0 Å². The van der Waals surface area contributed by atoms with Gasteiger partial charge >= 0.3 is 0 Å². The van der Waals surface area contributed by atoms with Gasteiger partial charge < -0.3 is 5.32 Å². The molecule has 0 bridgehead atoms. The molecule has 0 saturated carbocycles. The lowest BCUT2D eigenvalue weighted by Crippen LogP contribution is -2.36. The van der Waals surface area contributed by atoms with Crippen molar-refractivity contribution < 1.29 is 9.59 Å². The van der Waals surface area contributed by atoms with Gasteiger partial charge in [0.1, 0.15) is 5.78 Å². The monoisotopic (exact) mass is 217 g/mol. The fourth-order valence-electron chi connectivity index (χ4n) is 2.19. The van der Waals surface area contributed by atoms with Crippen LogP contribution in [-0.4, -0.2) is 11.7 Å². The van der Waals surface area contributed by atoms with E-state index in [1.807, 2.05) is 26.0 Å². The first kappa shape index (κ1) is 10.9. The Labute approximate surface area is 94.9 Å². The van der Waals surface area contributed by atoms with Crippen LogP contribution in [0, 0.1) is 13.8 Å². The first-order chi connectivity index (χ1) is 7.54. The van der Waals surface area contributed by atoms with Gasteiger partial charge in [0.05, 0.1) is 12.5 Å². The van der Waals surface area contributed by atoms with Crippen LogP contribution in [0.15, 0.2) is 18.2 Å². The van der Waals surface area contributed by atoms with Crippen LogP contribution in [0.25, 0.3) is 0 Å². The molecule has 1 saturated heterocycles. The summed E-state index contributed by atoms with van der Waals surface area (Å²) in [5.41, 5.74) is 3.34. The highest BCUT2D eigenvalue weighted by Crippen LogP contribution is 2.23. The number of ketones is 1. The molecular weight excluding hydrogens is 202 g/mol. The summed E-state index contributed by atoms with van der Waals surface area (Å²) in [5.74, 6) is -0.145. The quantitative estimate of drug-likeness (QED) is 0.729. The average molecular weight is 217 g/mol. The zero-order chi connectivity index (χ0) is 11.7. The molecule has 3 nitrogen and oxygen atoms in total. The minimum atomic E-state index is -0.166. The molecule has 0 aliphatic carbocycles. The third-order valence-corrected chi connectivity index (χ3v) is 2.77. The van der Waals surface area contributed by atoms with E-state index < -0.39 is 0 Å². The summed E-state index contributed by atoms with van der Waals surface area (Å²) in [7, 11) is 0. The Morgan fingerprint density at radius 1 is 1.12 bits per heavy atom. The molecule has 2 rings (SSSR count). The molecule has 1 aliphatic rings. The third-order valence-electron chi connectivity index (χ3n) is 2.77. The Morgan fingerprint density at radius 2 is 1.75 bits per heavy atom. The number of hydrogen-bond donors (Lipinski definition) is 1. The van der Waals surface area contributed by atoms with Crippen molar-refractivity contribution in [1.29, 1.82) is 0 Å². The number of amides is 1. The SMILES string of the molecule is Cc1cc(C)cc(C2CC(=O)CC(=O)N2)c1. The van der Waals surface area contributed by atoms with Gasteiger partial charge in [0.25, 0.3) is 0 Å². The van der Waals surface area contributed by atoms with Crippen LogP contribution in [0.4, 0.5) is 0 Å². The van der Waals surface area contributed by atoms with Gasteiger partial charge in [0, 0.05) is 6.42 Å². The molecular formula is C13H15NO2. The topological polar surface area (TPSA) is 46.2 Å². The molecule has 1 amide bonds. The normalized spacial score (nSPS) is 20.8. The maximum Gasteiger partial charge on any atom is 0.227 e. The number of hydrogen-bond acceptors (Lipinski definition) is 2. The molecule has 0 radical (unpaired) electrons. The van der Waals surface area contributed by atoms with Gasteiger partial charge in [-0.1, -0.05) is 29.3 Å². The van der Waals surface area contributed by atoms with Crippen molar-refractivity contribution in [2.75, 3.05) is 0 Å². The van der Waals surface area contributed by atoms with Gasteiger partial charge in [-0.05, 0) is 19.4 Å². The number of aryl methyl sites for hydroxylation is 2. The molecule has 1 unspecified atom stereocenters. The molecule has 1 N–H and O–H groups in total. The number of rotatable bonds is 1. The zero-order valence-electron chi connectivity index (χ0n) is 9.54. The lowest BCUT2D eigenvalue weighted by atomic mass is 9.94. The minimum Gasteiger partial charge on any atom is -0.348 e. The molecule has 0 spiro atoms. The Hall–Kier alpha value is -1.64. The Bertz CT molecular complexity index is 415. The summed E-state index contributed by atoms with van der Waals surface area (Å²) in [6.07, 6.45) is 0.440. The molecule has 84 valence electrons. The van der Waals surface area contributed by atoms with Gasteiger partial charge in [0.2, 0.25) is 5.91 Å². The van der Waals surface area contributed by atoms with E-state index >= 15 is 0 Å². The maximum atomic E-state index is 11.4. The molecule has 1 aromatic carbocycles. The molecule has 3 heteroatoms. The van der Waals surface area contributed by atoms with Gasteiger partial charge in [-0.25, -0.2) is 0 Å². The van der Waals surface area contributed by atoms with Crippen molar-refractivity contribution in [2.45, 2.75) is 32.7 Å².